The second kappa shape index (κ2) is 6.94. The summed E-state index contributed by atoms with van der Waals surface area (Å²) in [5.41, 5.74) is 2.41. The fraction of sp³-hybridized carbons (Fsp3) is 0.286. The van der Waals surface area contributed by atoms with Crippen LogP contribution < -0.4 is 10.5 Å². The number of nitrogens with zero attached hydrogens (tertiary/aromatic N) is 6. The predicted molar refractivity (Wildman–Crippen MR) is 112 cm³/mol. The molecule has 0 N–H and O–H groups in total. The van der Waals surface area contributed by atoms with E-state index in [1.807, 2.05) is 13.0 Å². The van der Waals surface area contributed by atoms with Gasteiger partial charge in [-0.15, -0.1) is 0 Å². The van der Waals surface area contributed by atoms with Crippen LogP contribution >= 0.6 is 0 Å². The molecule has 1 aliphatic heterocycles. The predicted octanol–water partition coefficient (Wildman–Crippen LogP) is 1.74. The van der Waals surface area contributed by atoms with Gasteiger partial charge in [-0.1, -0.05) is 18.2 Å². The molecule has 9 nitrogen and oxygen atoms in total. The lowest BCUT2D eigenvalue weighted by Crippen LogP contribution is -2.49. The highest BCUT2D eigenvalue weighted by Crippen LogP contribution is 2.27. The first kappa shape index (κ1) is 18.3. The summed E-state index contributed by atoms with van der Waals surface area (Å²) in [4.78, 5) is 38.1. The summed E-state index contributed by atoms with van der Waals surface area (Å²) in [7, 11) is 1.57. The van der Waals surface area contributed by atoms with E-state index < -0.39 is 0 Å². The number of pyridine rings is 1. The highest BCUT2D eigenvalue weighted by Gasteiger charge is 2.27. The van der Waals surface area contributed by atoms with E-state index >= 15 is 0 Å². The fourth-order valence-electron chi connectivity index (χ4n) is 3.93. The van der Waals surface area contributed by atoms with Gasteiger partial charge in [0.2, 0.25) is 0 Å². The van der Waals surface area contributed by atoms with Crippen LogP contribution in [0.4, 0.5) is 5.69 Å². The maximum absolute atomic E-state index is 13.2. The van der Waals surface area contributed by atoms with Gasteiger partial charge in [-0.25, -0.2) is 9.67 Å². The molecule has 1 saturated heterocycles. The van der Waals surface area contributed by atoms with Crippen LogP contribution in [0, 0.1) is 6.92 Å². The van der Waals surface area contributed by atoms with Gasteiger partial charge in [-0.2, -0.15) is 5.10 Å². The third kappa shape index (κ3) is 2.90. The Hall–Kier alpha value is -3.75. The van der Waals surface area contributed by atoms with Gasteiger partial charge in [0.1, 0.15) is 11.2 Å². The number of aromatic nitrogens is 4. The zero-order valence-corrected chi connectivity index (χ0v) is 16.7. The normalized spacial score (nSPS) is 14.6. The number of piperazine rings is 1. The average Bonchev–Trinajstić information content (AvgIpc) is 3.16. The smallest absolute Gasteiger partial charge is 0.275 e. The minimum atomic E-state index is -0.213. The Balaban J connectivity index is 1.41. The van der Waals surface area contributed by atoms with Crippen LogP contribution in [-0.2, 0) is 7.05 Å². The maximum atomic E-state index is 13.2. The number of benzene rings is 1. The van der Waals surface area contributed by atoms with E-state index in [0.29, 0.717) is 54.1 Å². The molecule has 0 bridgehead atoms. The first-order valence-corrected chi connectivity index (χ1v) is 9.74. The molecule has 30 heavy (non-hydrogen) atoms. The van der Waals surface area contributed by atoms with E-state index in [4.69, 9.17) is 4.42 Å². The van der Waals surface area contributed by atoms with Gasteiger partial charge < -0.3 is 14.2 Å². The number of amides is 1. The second-order valence-electron chi connectivity index (χ2n) is 7.34. The number of fused-ring (bicyclic) bond motifs is 2. The van der Waals surface area contributed by atoms with E-state index in [1.54, 1.807) is 42.5 Å². The van der Waals surface area contributed by atoms with Gasteiger partial charge >= 0.3 is 0 Å². The number of oxazole rings is 1. The molecule has 0 atom stereocenters. The molecular formula is C21H20N6O3. The van der Waals surface area contributed by atoms with Crippen molar-refractivity contribution in [3.63, 3.8) is 0 Å². The molecule has 4 heterocycles. The first-order chi connectivity index (χ1) is 14.5. The number of hydrogen-bond acceptors (Lipinski definition) is 7. The third-order valence-electron chi connectivity index (χ3n) is 5.45. The molecule has 1 fully saturated rings. The number of rotatable bonds is 2. The van der Waals surface area contributed by atoms with Crippen molar-refractivity contribution >= 4 is 33.5 Å². The van der Waals surface area contributed by atoms with Crippen molar-refractivity contribution in [1.29, 1.82) is 0 Å². The molecule has 0 unspecified atom stereocenters. The Labute approximate surface area is 171 Å². The third-order valence-corrected chi connectivity index (χ3v) is 5.45. The van der Waals surface area contributed by atoms with Crippen LogP contribution in [-0.4, -0.2) is 56.7 Å². The number of hydrogen-bond donors (Lipinski definition) is 0. The molecule has 5 rings (SSSR count). The maximum Gasteiger partial charge on any atom is 0.275 e. The Morgan fingerprint density at radius 2 is 1.80 bits per heavy atom. The summed E-state index contributed by atoms with van der Waals surface area (Å²) < 4.78 is 6.98. The molecule has 0 aliphatic carbocycles. The van der Waals surface area contributed by atoms with Gasteiger partial charge in [0, 0.05) is 45.5 Å². The molecule has 1 amide bonds. The van der Waals surface area contributed by atoms with E-state index in [1.165, 1.54) is 4.68 Å². The number of carbonyl (C=O) groups is 1. The molecule has 152 valence electrons. The van der Waals surface area contributed by atoms with Crippen LogP contribution in [0.1, 0.15) is 16.4 Å². The molecule has 0 spiro atoms. The monoisotopic (exact) mass is 404 g/mol. The van der Waals surface area contributed by atoms with Gasteiger partial charge in [-0.05, 0) is 6.07 Å². The Morgan fingerprint density at radius 3 is 2.57 bits per heavy atom. The lowest BCUT2D eigenvalue weighted by molar-refractivity contribution is 0.0740. The molecule has 4 aromatic rings. The largest absolute Gasteiger partial charge is 0.439 e. The topological polar surface area (TPSA) is 97.4 Å². The van der Waals surface area contributed by atoms with Crippen molar-refractivity contribution in [2.75, 3.05) is 31.1 Å². The minimum absolute atomic E-state index is 0.173. The van der Waals surface area contributed by atoms with Crippen molar-refractivity contribution in [2.24, 2.45) is 7.05 Å². The summed E-state index contributed by atoms with van der Waals surface area (Å²) in [5.74, 6) is 0.425. The molecule has 9 heteroatoms. The second-order valence-corrected chi connectivity index (χ2v) is 7.34. The number of anilines is 1. The van der Waals surface area contributed by atoms with Crippen LogP contribution in [0.3, 0.4) is 0 Å². The van der Waals surface area contributed by atoms with Crippen LogP contribution in [0.25, 0.3) is 21.9 Å². The Bertz CT molecular complexity index is 1330. The molecule has 1 aliphatic rings. The van der Waals surface area contributed by atoms with Crippen molar-refractivity contribution in [2.45, 2.75) is 6.92 Å². The fourth-order valence-corrected chi connectivity index (χ4v) is 3.93. The summed E-state index contributed by atoms with van der Waals surface area (Å²) in [6.07, 6.45) is 3.46. The summed E-state index contributed by atoms with van der Waals surface area (Å²) in [5, 5.41) is 5.34. The van der Waals surface area contributed by atoms with E-state index in [-0.39, 0.29) is 11.5 Å². The average molecular weight is 404 g/mol. The van der Waals surface area contributed by atoms with Gasteiger partial charge in [-0.3, -0.25) is 14.6 Å². The molecular weight excluding hydrogens is 384 g/mol. The van der Waals surface area contributed by atoms with Gasteiger partial charge in [0.15, 0.2) is 17.2 Å². The quantitative estimate of drug-likeness (QED) is 0.502. The van der Waals surface area contributed by atoms with E-state index in [9.17, 15) is 9.59 Å². The minimum Gasteiger partial charge on any atom is -0.439 e. The van der Waals surface area contributed by atoms with Gasteiger partial charge in [0.25, 0.3) is 11.5 Å². The molecule has 3 aromatic heterocycles. The molecule has 1 aromatic carbocycles. The van der Waals surface area contributed by atoms with Crippen molar-refractivity contribution in [1.82, 2.24) is 24.6 Å². The van der Waals surface area contributed by atoms with Crippen LogP contribution in [0.15, 0.2) is 45.9 Å². The van der Waals surface area contributed by atoms with E-state index in [2.05, 4.69) is 20.0 Å². The van der Waals surface area contributed by atoms with Crippen molar-refractivity contribution < 1.29 is 9.21 Å². The Kier molecular flexibility index (Phi) is 4.23. The van der Waals surface area contributed by atoms with Crippen molar-refractivity contribution in [3.05, 3.63) is 58.6 Å². The lowest BCUT2D eigenvalue weighted by atomic mass is 10.1. The first-order valence-electron chi connectivity index (χ1n) is 9.74. The van der Waals surface area contributed by atoms with Gasteiger partial charge in [0.05, 0.1) is 17.8 Å². The summed E-state index contributed by atoms with van der Waals surface area (Å²) in [6.45, 7) is 4.14. The zero-order chi connectivity index (χ0) is 20.8. The number of carbonyl (C=O) groups excluding carboxylic acids is 1. The summed E-state index contributed by atoms with van der Waals surface area (Å²) >= 11 is 0. The van der Waals surface area contributed by atoms with E-state index in [0.717, 1.165) is 11.2 Å². The lowest BCUT2D eigenvalue weighted by Gasteiger charge is -2.35. The van der Waals surface area contributed by atoms with Crippen LogP contribution in [0.2, 0.25) is 0 Å². The standard InChI is InChI=1S/C21H20N6O3/c1-13-23-16-11-22-12-17(19(16)30-13)26-7-9-27(10-8-26)21(29)18-14-5-3-4-6-15(14)20(28)25(2)24-18/h3-6,11-12H,7-10H2,1-2H3. The Morgan fingerprint density at radius 1 is 1.07 bits per heavy atom. The zero-order valence-electron chi connectivity index (χ0n) is 16.7. The highest BCUT2D eigenvalue weighted by atomic mass is 16.3. The SMILES string of the molecule is Cc1nc2cncc(N3CCN(C(=O)c4nn(C)c(=O)c5ccccc45)CC3)c2o1. The summed E-state index contributed by atoms with van der Waals surface area (Å²) in [6, 6.07) is 7.09. The van der Waals surface area contributed by atoms with Crippen molar-refractivity contribution in [3.8, 4) is 0 Å². The molecule has 0 radical (unpaired) electrons. The molecule has 0 saturated carbocycles. The highest BCUT2D eigenvalue weighted by molar-refractivity contribution is 6.04. The number of aryl methyl sites for hydroxylation is 2. The van der Waals surface area contributed by atoms with Crippen LogP contribution in [0.5, 0.6) is 0 Å².